The topological polar surface area (TPSA) is 72.9 Å². The van der Waals surface area contributed by atoms with E-state index in [9.17, 15) is 4.79 Å². The smallest absolute Gasteiger partial charge is 0.224 e. The molecule has 1 amide bonds. The fourth-order valence-corrected chi connectivity index (χ4v) is 1.88. The Kier molecular flexibility index (Phi) is 3.85. The van der Waals surface area contributed by atoms with Gasteiger partial charge in [0.1, 0.15) is 0 Å². The lowest BCUT2D eigenvalue weighted by molar-refractivity contribution is -0.116. The highest BCUT2D eigenvalue weighted by atomic mass is 16.1. The molecule has 5 heteroatoms. The van der Waals surface area contributed by atoms with Gasteiger partial charge < -0.3 is 11.1 Å². The van der Waals surface area contributed by atoms with Crippen LogP contribution in [0.3, 0.4) is 0 Å². The van der Waals surface area contributed by atoms with Gasteiger partial charge in [-0.25, -0.2) is 0 Å². The average Bonchev–Trinajstić information content (AvgIpc) is 2.67. The molecule has 0 aliphatic heterocycles. The Morgan fingerprint density at radius 2 is 2.05 bits per heavy atom. The van der Waals surface area contributed by atoms with Gasteiger partial charge in [0.2, 0.25) is 5.91 Å². The van der Waals surface area contributed by atoms with E-state index < -0.39 is 0 Å². The fourth-order valence-electron chi connectivity index (χ4n) is 1.88. The van der Waals surface area contributed by atoms with Gasteiger partial charge in [-0.2, -0.15) is 5.10 Å². The lowest BCUT2D eigenvalue weighted by Crippen LogP contribution is -2.12. The molecule has 0 saturated carbocycles. The molecule has 5 nitrogen and oxygen atoms in total. The van der Waals surface area contributed by atoms with Crippen LogP contribution >= 0.6 is 0 Å². The van der Waals surface area contributed by atoms with Crippen molar-refractivity contribution in [2.75, 3.05) is 11.1 Å². The maximum Gasteiger partial charge on any atom is 0.224 e. The van der Waals surface area contributed by atoms with Crippen LogP contribution in [0.1, 0.15) is 17.7 Å². The molecule has 0 atom stereocenters. The number of nitrogen functional groups attached to an aromatic ring is 1. The van der Waals surface area contributed by atoms with Crippen molar-refractivity contribution in [2.24, 2.45) is 7.05 Å². The Labute approximate surface area is 112 Å². The Morgan fingerprint density at radius 3 is 2.63 bits per heavy atom. The number of nitrogens with two attached hydrogens (primary N) is 1. The van der Waals surface area contributed by atoms with Crippen molar-refractivity contribution in [1.82, 2.24) is 9.78 Å². The highest BCUT2D eigenvalue weighted by Gasteiger charge is 2.07. The van der Waals surface area contributed by atoms with Gasteiger partial charge in [0.15, 0.2) is 0 Å². The van der Waals surface area contributed by atoms with Crippen molar-refractivity contribution in [3.63, 3.8) is 0 Å². The summed E-state index contributed by atoms with van der Waals surface area (Å²) in [6, 6.07) is 7.58. The first kappa shape index (κ1) is 13.1. The molecule has 2 rings (SSSR count). The summed E-state index contributed by atoms with van der Waals surface area (Å²) < 4.78 is 1.69. The predicted molar refractivity (Wildman–Crippen MR) is 75.8 cm³/mol. The number of carbonyl (C=O) groups excluding carboxylic acids is 1. The first-order valence-corrected chi connectivity index (χ1v) is 6.19. The first-order valence-electron chi connectivity index (χ1n) is 6.19. The summed E-state index contributed by atoms with van der Waals surface area (Å²) in [6.07, 6.45) is 2.94. The van der Waals surface area contributed by atoms with Crippen LogP contribution < -0.4 is 11.1 Å². The first-order chi connectivity index (χ1) is 9.04. The predicted octanol–water partition coefficient (Wildman–Crippen LogP) is 1.88. The monoisotopic (exact) mass is 258 g/mol. The second kappa shape index (κ2) is 5.56. The fraction of sp³-hybridized carbons (Fsp3) is 0.286. The third-order valence-electron chi connectivity index (χ3n) is 2.91. The largest absolute Gasteiger partial charge is 0.399 e. The van der Waals surface area contributed by atoms with Crippen LogP contribution in [0.4, 0.5) is 11.4 Å². The van der Waals surface area contributed by atoms with Crippen LogP contribution in [0.5, 0.6) is 0 Å². The number of aryl methyl sites for hydroxylation is 3. The van der Waals surface area contributed by atoms with Gasteiger partial charge in [0.25, 0.3) is 0 Å². The number of hydrogen-bond donors (Lipinski definition) is 2. The molecule has 0 radical (unpaired) electrons. The minimum atomic E-state index is -0.00655. The maximum absolute atomic E-state index is 11.8. The molecule has 0 bridgehead atoms. The molecular formula is C14H18N4O. The van der Waals surface area contributed by atoms with Gasteiger partial charge in [0, 0.05) is 25.4 Å². The number of aromatic nitrogens is 2. The van der Waals surface area contributed by atoms with E-state index in [2.05, 4.69) is 10.4 Å². The molecule has 0 aliphatic carbocycles. The van der Waals surface area contributed by atoms with Gasteiger partial charge in [0.05, 0.1) is 11.4 Å². The quantitative estimate of drug-likeness (QED) is 0.822. The molecule has 1 aromatic carbocycles. The SMILES string of the molecule is Cc1nn(C)cc1NC(=O)CCc1ccc(N)cc1. The number of nitrogens with zero attached hydrogens (tertiary/aromatic N) is 2. The molecule has 0 saturated heterocycles. The lowest BCUT2D eigenvalue weighted by Gasteiger charge is -2.04. The normalized spacial score (nSPS) is 10.4. The Morgan fingerprint density at radius 1 is 1.37 bits per heavy atom. The van der Waals surface area contributed by atoms with Crippen LogP contribution in [-0.2, 0) is 18.3 Å². The molecule has 19 heavy (non-hydrogen) atoms. The molecule has 100 valence electrons. The minimum Gasteiger partial charge on any atom is -0.399 e. The van der Waals surface area contributed by atoms with E-state index in [-0.39, 0.29) is 5.91 Å². The van der Waals surface area contributed by atoms with Crippen molar-refractivity contribution in [3.8, 4) is 0 Å². The van der Waals surface area contributed by atoms with E-state index >= 15 is 0 Å². The highest BCUT2D eigenvalue weighted by Crippen LogP contribution is 2.13. The van der Waals surface area contributed by atoms with Gasteiger partial charge in [-0.3, -0.25) is 9.48 Å². The summed E-state index contributed by atoms with van der Waals surface area (Å²) in [4.78, 5) is 11.8. The van der Waals surface area contributed by atoms with Crippen molar-refractivity contribution in [1.29, 1.82) is 0 Å². The van der Waals surface area contributed by atoms with Crippen LogP contribution in [0.15, 0.2) is 30.5 Å². The number of benzene rings is 1. The van der Waals surface area contributed by atoms with Crippen molar-refractivity contribution >= 4 is 17.3 Å². The molecular weight excluding hydrogens is 240 g/mol. The van der Waals surface area contributed by atoms with E-state index in [1.165, 1.54) is 0 Å². The van der Waals surface area contributed by atoms with Crippen molar-refractivity contribution in [2.45, 2.75) is 19.8 Å². The molecule has 2 aromatic rings. The van der Waals surface area contributed by atoms with Crippen LogP contribution in [-0.4, -0.2) is 15.7 Å². The van der Waals surface area contributed by atoms with Gasteiger partial charge in [-0.05, 0) is 31.0 Å². The zero-order valence-corrected chi connectivity index (χ0v) is 11.2. The molecule has 0 aliphatic rings. The average molecular weight is 258 g/mol. The standard InChI is InChI=1S/C14H18N4O/c1-10-13(9-18(2)17-10)16-14(19)8-5-11-3-6-12(15)7-4-11/h3-4,6-7,9H,5,8,15H2,1-2H3,(H,16,19). The molecule has 0 unspecified atom stereocenters. The van der Waals surface area contributed by atoms with E-state index in [1.807, 2.05) is 38.2 Å². The zero-order chi connectivity index (χ0) is 13.8. The van der Waals surface area contributed by atoms with Crippen molar-refractivity contribution in [3.05, 3.63) is 41.7 Å². The van der Waals surface area contributed by atoms with E-state index in [1.54, 1.807) is 10.9 Å². The van der Waals surface area contributed by atoms with E-state index in [4.69, 9.17) is 5.73 Å². The Balaban J connectivity index is 1.88. The summed E-state index contributed by atoms with van der Waals surface area (Å²) in [6.45, 7) is 1.87. The van der Waals surface area contributed by atoms with Crippen LogP contribution in [0.2, 0.25) is 0 Å². The number of amides is 1. The van der Waals surface area contributed by atoms with Crippen molar-refractivity contribution < 1.29 is 4.79 Å². The summed E-state index contributed by atoms with van der Waals surface area (Å²) in [5.74, 6) is -0.00655. The molecule has 1 aromatic heterocycles. The highest BCUT2D eigenvalue weighted by molar-refractivity contribution is 5.91. The molecule has 3 N–H and O–H groups in total. The third-order valence-corrected chi connectivity index (χ3v) is 2.91. The van der Waals surface area contributed by atoms with E-state index in [0.29, 0.717) is 12.8 Å². The van der Waals surface area contributed by atoms with Gasteiger partial charge >= 0.3 is 0 Å². The van der Waals surface area contributed by atoms with Gasteiger partial charge in [-0.15, -0.1) is 0 Å². The number of hydrogen-bond acceptors (Lipinski definition) is 3. The zero-order valence-electron chi connectivity index (χ0n) is 11.2. The number of rotatable bonds is 4. The third kappa shape index (κ3) is 3.58. The Hall–Kier alpha value is -2.30. The number of carbonyl (C=O) groups is 1. The second-order valence-corrected chi connectivity index (χ2v) is 4.59. The summed E-state index contributed by atoms with van der Waals surface area (Å²) >= 11 is 0. The van der Waals surface area contributed by atoms with E-state index in [0.717, 1.165) is 22.6 Å². The summed E-state index contributed by atoms with van der Waals surface area (Å²) in [7, 11) is 1.83. The maximum atomic E-state index is 11.8. The Bertz CT molecular complexity index is 572. The molecule has 1 heterocycles. The summed E-state index contributed by atoms with van der Waals surface area (Å²) in [5, 5.41) is 7.05. The molecule has 0 spiro atoms. The number of nitrogens with one attached hydrogen (secondary N) is 1. The minimum absolute atomic E-state index is 0.00655. The molecule has 0 fully saturated rings. The lowest BCUT2D eigenvalue weighted by atomic mass is 10.1. The second-order valence-electron chi connectivity index (χ2n) is 4.59. The van der Waals surface area contributed by atoms with Gasteiger partial charge in [-0.1, -0.05) is 12.1 Å². The summed E-state index contributed by atoms with van der Waals surface area (Å²) in [5.41, 5.74) is 9.05. The van der Waals surface area contributed by atoms with Crippen LogP contribution in [0, 0.1) is 6.92 Å². The number of anilines is 2. The van der Waals surface area contributed by atoms with Crippen LogP contribution in [0.25, 0.3) is 0 Å².